The Kier molecular flexibility index (Phi) is 5.17. The highest BCUT2D eigenvalue weighted by Gasteiger charge is 2.26. The van der Waals surface area contributed by atoms with E-state index in [1.165, 1.54) is 19.3 Å². The van der Waals surface area contributed by atoms with Crippen LogP contribution in [-0.2, 0) is 16.6 Å². The van der Waals surface area contributed by atoms with Crippen LogP contribution in [-0.4, -0.2) is 24.7 Å². The maximum Gasteiger partial charge on any atom is 0.244 e. The molecule has 0 unspecified atom stereocenters. The smallest absolute Gasteiger partial charge is 0.244 e. The van der Waals surface area contributed by atoms with Gasteiger partial charge in [0, 0.05) is 12.6 Å². The van der Waals surface area contributed by atoms with Gasteiger partial charge in [-0.15, -0.1) is 0 Å². The molecule has 1 saturated carbocycles. The third-order valence-electron chi connectivity index (χ3n) is 3.85. The fourth-order valence-electron chi connectivity index (χ4n) is 2.82. The second-order valence-electron chi connectivity index (χ2n) is 5.49. The zero-order valence-corrected chi connectivity index (χ0v) is 12.8. The second-order valence-corrected chi connectivity index (χ2v) is 7.14. The second kappa shape index (κ2) is 6.69. The van der Waals surface area contributed by atoms with Gasteiger partial charge in [0.25, 0.3) is 0 Å². The Bertz CT molecular complexity index is 531. The lowest BCUT2D eigenvalue weighted by Gasteiger charge is -2.21. The predicted molar refractivity (Wildman–Crippen MR) is 77.6 cm³/mol. The highest BCUT2D eigenvalue weighted by atomic mass is 32.2. The summed E-state index contributed by atoms with van der Waals surface area (Å²) in [5.41, 5.74) is 6.51. The minimum Gasteiger partial charge on any atom is -0.325 e. The molecule has 1 aliphatic rings. The lowest BCUT2D eigenvalue weighted by atomic mass is 9.97. The molecule has 1 aliphatic carbocycles. The summed E-state index contributed by atoms with van der Waals surface area (Å²) in [6, 6.07) is 0.0280. The third-order valence-corrected chi connectivity index (χ3v) is 5.57. The molecule has 20 heavy (non-hydrogen) atoms. The Labute approximate surface area is 120 Å². The average Bonchev–Trinajstić information content (AvgIpc) is 2.74. The van der Waals surface area contributed by atoms with E-state index < -0.39 is 10.0 Å². The van der Waals surface area contributed by atoms with Gasteiger partial charge < -0.3 is 5.73 Å². The van der Waals surface area contributed by atoms with Crippen LogP contribution in [0.25, 0.3) is 0 Å². The molecule has 7 heteroatoms. The van der Waals surface area contributed by atoms with E-state index in [1.54, 1.807) is 6.92 Å². The number of aryl methyl sites for hydroxylation is 1. The molecule has 0 aliphatic heterocycles. The topological polar surface area (TPSA) is 101 Å². The molecule has 0 radical (unpaired) electrons. The summed E-state index contributed by atoms with van der Waals surface area (Å²) in [7, 11) is -3.54. The van der Waals surface area contributed by atoms with Gasteiger partial charge >= 0.3 is 0 Å². The van der Waals surface area contributed by atoms with Gasteiger partial charge in [-0.1, -0.05) is 32.1 Å². The summed E-state index contributed by atoms with van der Waals surface area (Å²) in [6.45, 7) is 1.82. The van der Waals surface area contributed by atoms with Gasteiger partial charge in [-0.25, -0.2) is 13.1 Å². The Morgan fingerprint density at radius 1 is 1.25 bits per heavy atom. The summed E-state index contributed by atoms with van der Waals surface area (Å²) in [4.78, 5) is 0.224. The summed E-state index contributed by atoms with van der Waals surface area (Å²) in [5, 5.41) is 6.66. The summed E-state index contributed by atoms with van der Waals surface area (Å²) < 4.78 is 27.9. The molecule has 0 bridgehead atoms. The highest BCUT2D eigenvalue weighted by molar-refractivity contribution is 7.89. The van der Waals surface area contributed by atoms with E-state index in [9.17, 15) is 8.42 Å². The number of nitrogens with zero attached hydrogens (tertiary/aromatic N) is 1. The van der Waals surface area contributed by atoms with Crippen molar-refractivity contribution in [2.24, 2.45) is 5.73 Å². The summed E-state index contributed by atoms with van der Waals surface area (Å²) >= 11 is 0. The maximum atomic E-state index is 12.5. The van der Waals surface area contributed by atoms with E-state index in [-0.39, 0.29) is 17.5 Å². The summed E-state index contributed by atoms with van der Waals surface area (Å²) in [5.74, 6) is 0. The Balaban J connectivity index is 2.15. The molecule has 0 amide bonds. The average molecular weight is 300 g/mol. The Morgan fingerprint density at radius 2 is 1.85 bits per heavy atom. The molecule has 2 rings (SSSR count). The highest BCUT2D eigenvalue weighted by Crippen LogP contribution is 2.21. The van der Waals surface area contributed by atoms with Gasteiger partial charge in [0.15, 0.2) is 0 Å². The van der Waals surface area contributed by atoms with Crippen LogP contribution >= 0.6 is 0 Å². The van der Waals surface area contributed by atoms with Crippen molar-refractivity contribution in [1.29, 1.82) is 0 Å². The first kappa shape index (κ1) is 15.5. The van der Waals surface area contributed by atoms with Crippen molar-refractivity contribution in [3.63, 3.8) is 0 Å². The van der Waals surface area contributed by atoms with E-state index in [2.05, 4.69) is 14.9 Å². The quantitative estimate of drug-likeness (QED) is 0.785. The van der Waals surface area contributed by atoms with Gasteiger partial charge in [0.1, 0.15) is 4.90 Å². The standard InChI is InChI=1S/C13H24N4O2S/c1-10-13(12(9-14)16-15-10)20(18,19)17-11-7-5-3-2-4-6-8-11/h11,17H,2-9,14H2,1H3,(H,15,16). The first-order valence-electron chi connectivity index (χ1n) is 7.31. The number of rotatable bonds is 4. The normalized spacial score (nSPS) is 18.7. The largest absolute Gasteiger partial charge is 0.325 e. The fraction of sp³-hybridized carbons (Fsp3) is 0.769. The van der Waals surface area contributed by atoms with Crippen LogP contribution in [0.2, 0.25) is 0 Å². The number of aromatic amines is 1. The first-order valence-corrected chi connectivity index (χ1v) is 8.79. The van der Waals surface area contributed by atoms with E-state index in [0.29, 0.717) is 11.4 Å². The summed E-state index contributed by atoms with van der Waals surface area (Å²) in [6.07, 6.45) is 7.64. The SMILES string of the molecule is Cc1[nH]nc(CN)c1S(=O)(=O)NC1CCCCCCC1. The van der Waals surface area contributed by atoms with Crippen LogP contribution in [0.15, 0.2) is 4.90 Å². The molecule has 0 saturated heterocycles. The van der Waals surface area contributed by atoms with Crippen molar-refractivity contribution in [3.8, 4) is 0 Å². The van der Waals surface area contributed by atoms with Crippen molar-refractivity contribution in [1.82, 2.24) is 14.9 Å². The predicted octanol–water partition coefficient (Wildman–Crippen LogP) is 1.57. The van der Waals surface area contributed by atoms with Crippen molar-refractivity contribution in [3.05, 3.63) is 11.4 Å². The number of nitrogens with one attached hydrogen (secondary N) is 2. The lowest BCUT2D eigenvalue weighted by molar-refractivity contribution is 0.426. The number of hydrogen-bond acceptors (Lipinski definition) is 4. The van der Waals surface area contributed by atoms with Crippen LogP contribution in [0, 0.1) is 6.92 Å². The molecule has 114 valence electrons. The molecule has 4 N–H and O–H groups in total. The third kappa shape index (κ3) is 3.59. The van der Waals surface area contributed by atoms with Gasteiger partial charge in [-0.2, -0.15) is 5.10 Å². The lowest BCUT2D eigenvalue weighted by Crippen LogP contribution is -2.36. The zero-order chi connectivity index (χ0) is 14.6. The fourth-order valence-corrected chi connectivity index (χ4v) is 4.50. The zero-order valence-electron chi connectivity index (χ0n) is 12.0. The van der Waals surface area contributed by atoms with E-state index >= 15 is 0 Å². The minimum atomic E-state index is -3.54. The molecular weight excluding hydrogens is 276 g/mol. The molecule has 1 heterocycles. The molecular formula is C13H24N4O2S. The number of nitrogens with two attached hydrogens (primary N) is 1. The Hall–Kier alpha value is -0.920. The van der Waals surface area contributed by atoms with Gasteiger partial charge in [0.05, 0.1) is 11.4 Å². The van der Waals surface area contributed by atoms with Crippen molar-refractivity contribution < 1.29 is 8.42 Å². The number of sulfonamides is 1. The van der Waals surface area contributed by atoms with Crippen molar-refractivity contribution in [2.75, 3.05) is 0 Å². The Morgan fingerprint density at radius 3 is 2.45 bits per heavy atom. The van der Waals surface area contributed by atoms with Crippen LogP contribution in [0.1, 0.15) is 56.3 Å². The van der Waals surface area contributed by atoms with Gasteiger partial charge in [-0.05, 0) is 19.8 Å². The monoisotopic (exact) mass is 300 g/mol. The molecule has 1 aromatic heterocycles. The van der Waals surface area contributed by atoms with Gasteiger partial charge in [0.2, 0.25) is 10.0 Å². The minimum absolute atomic E-state index is 0.0280. The van der Waals surface area contributed by atoms with Crippen molar-refractivity contribution in [2.45, 2.75) is 69.4 Å². The molecule has 1 fully saturated rings. The first-order chi connectivity index (χ1) is 9.54. The molecule has 1 aromatic rings. The molecule has 6 nitrogen and oxygen atoms in total. The van der Waals surface area contributed by atoms with Gasteiger partial charge in [-0.3, -0.25) is 5.10 Å². The number of H-pyrrole nitrogens is 1. The van der Waals surface area contributed by atoms with Crippen LogP contribution in [0.3, 0.4) is 0 Å². The van der Waals surface area contributed by atoms with E-state index in [1.807, 2.05) is 0 Å². The maximum absolute atomic E-state index is 12.5. The molecule has 0 spiro atoms. The number of hydrogen-bond donors (Lipinski definition) is 3. The number of aromatic nitrogens is 2. The van der Waals surface area contributed by atoms with Crippen LogP contribution < -0.4 is 10.5 Å². The molecule has 0 aromatic carbocycles. The van der Waals surface area contributed by atoms with E-state index in [0.717, 1.165) is 25.7 Å². The van der Waals surface area contributed by atoms with Crippen molar-refractivity contribution >= 4 is 10.0 Å². The van der Waals surface area contributed by atoms with Crippen LogP contribution in [0.4, 0.5) is 0 Å². The van der Waals surface area contributed by atoms with Crippen LogP contribution in [0.5, 0.6) is 0 Å². The van der Waals surface area contributed by atoms with E-state index in [4.69, 9.17) is 5.73 Å². The molecule has 0 atom stereocenters.